The molecule has 1 aliphatic rings. The van der Waals surface area contributed by atoms with Crippen LogP contribution in [0.1, 0.15) is 19.2 Å². The van der Waals surface area contributed by atoms with Gasteiger partial charge in [0.15, 0.2) is 0 Å². The van der Waals surface area contributed by atoms with Crippen molar-refractivity contribution >= 4 is 22.6 Å². The van der Waals surface area contributed by atoms with E-state index in [1.807, 2.05) is 6.07 Å². The molecular formula is C14H17ClN2O. The van der Waals surface area contributed by atoms with Crippen molar-refractivity contribution in [3.05, 3.63) is 30.1 Å². The zero-order valence-corrected chi connectivity index (χ0v) is 11.3. The van der Waals surface area contributed by atoms with E-state index in [1.165, 1.54) is 5.52 Å². The lowest BCUT2D eigenvalue weighted by Gasteiger charge is -2.27. The largest absolute Gasteiger partial charge is 0.379 e. The van der Waals surface area contributed by atoms with Gasteiger partial charge < -0.3 is 9.30 Å². The first-order chi connectivity index (χ1) is 8.74. The fourth-order valence-electron chi connectivity index (χ4n) is 2.76. The van der Waals surface area contributed by atoms with E-state index < -0.39 is 0 Å². The molecule has 1 saturated heterocycles. The maximum absolute atomic E-state index is 5.90. The van der Waals surface area contributed by atoms with Crippen LogP contribution in [0.15, 0.2) is 24.3 Å². The third kappa shape index (κ3) is 1.82. The number of hydrogen-bond acceptors (Lipinski definition) is 2. The van der Waals surface area contributed by atoms with Crippen LogP contribution in [0.4, 0.5) is 0 Å². The first-order valence-electron chi connectivity index (χ1n) is 6.35. The van der Waals surface area contributed by atoms with Gasteiger partial charge in [-0.1, -0.05) is 12.1 Å². The van der Waals surface area contributed by atoms with Gasteiger partial charge in [0.2, 0.25) is 0 Å². The highest BCUT2D eigenvalue weighted by atomic mass is 35.5. The van der Waals surface area contributed by atoms with Crippen LogP contribution in [0, 0.1) is 0 Å². The predicted molar refractivity (Wildman–Crippen MR) is 73.2 cm³/mol. The molecule has 0 aliphatic carbocycles. The van der Waals surface area contributed by atoms with Gasteiger partial charge in [-0.05, 0) is 25.5 Å². The zero-order chi connectivity index (χ0) is 12.6. The van der Waals surface area contributed by atoms with Crippen LogP contribution in [0.5, 0.6) is 0 Å². The number of halogens is 1. The van der Waals surface area contributed by atoms with Gasteiger partial charge in [-0.2, -0.15) is 0 Å². The molecule has 2 aromatic rings. The summed E-state index contributed by atoms with van der Waals surface area (Å²) in [7, 11) is 0. The van der Waals surface area contributed by atoms with Crippen LogP contribution in [0.25, 0.3) is 11.0 Å². The SMILES string of the molecule is CC1(n2c(CCCl)nc3ccccc32)CCOC1. The number of benzene rings is 1. The zero-order valence-electron chi connectivity index (χ0n) is 10.5. The van der Waals surface area contributed by atoms with Crippen LogP contribution in [-0.4, -0.2) is 28.6 Å². The van der Waals surface area contributed by atoms with E-state index in [0.717, 1.165) is 37.4 Å². The van der Waals surface area contributed by atoms with Crippen LogP contribution in [-0.2, 0) is 16.7 Å². The molecule has 3 rings (SSSR count). The summed E-state index contributed by atoms with van der Waals surface area (Å²) >= 11 is 5.90. The van der Waals surface area contributed by atoms with Gasteiger partial charge in [-0.25, -0.2) is 4.98 Å². The molecule has 2 heterocycles. The van der Waals surface area contributed by atoms with E-state index in [2.05, 4.69) is 29.7 Å². The Morgan fingerprint density at radius 3 is 3.00 bits per heavy atom. The van der Waals surface area contributed by atoms with Crippen molar-refractivity contribution in [3.63, 3.8) is 0 Å². The van der Waals surface area contributed by atoms with Crippen molar-refractivity contribution in [2.75, 3.05) is 19.1 Å². The highest BCUT2D eigenvalue weighted by Gasteiger charge is 2.34. The van der Waals surface area contributed by atoms with E-state index >= 15 is 0 Å². The molecule has 3 nitrogen and oxygen atoms in total. The molecule has 18 heavy (non-hydrogen) atoms. The number of nitrogens with zero attached hydrogens (tertiary/aromatic N) is 2. The van der Waals surface area contributed by atoms with E-state index in [1.54, 1.807) is 0 Å². The van der Waals surface area contributed by atoms with Crippen molar-refractivity contribution in [3.8, 4) is 0 Å². The highest BCUT2D eigenvalue weighted by Crippen LogP contribution is 2.32. The Labute approximate surface area is 112 Å². The van der Waals surface area contributed by atoms with Gasteiger partial charge >= 0.3 is 0 Å². The number of fused-ring (bicyclic) bond motifs is 1. The Bertz CT molecular complexity index is 558. The number of alkyl halides is 1. The molecule has 96 valence electrons. The van der Waals surface area contributed by atoms with Crippen molar-refractivity contribution in [2.24, 2.45) is 0 Å². The average Bonchev–Trinajstić information content (AvgIpc) is 2.93. The number of imidazole rings is 1. The monoisotopic (exact) mass is 264 g/mol. The molecule has 0 bridgehead atoms. The Balaban J connectivity index is 2.20. The third-order valence-corrected chi connectivity index (χ3v) is 3.88. The maximum atomic E-state index is 5.90. The maximum Gasteiger partial charge on any atom is 0.111 e. The lowest BCUT2D eigenvalue weighted by Crippen LogP contribution is -2.32. The van der Waals surface area contributed by atoms with Crippen LogP contribution in [0.2, 0.25) is 0 Å². The molecule has 1 unspecified atom stereocenters. The normalized spacial score (nSPS) is 23.9. The summed E-state index contributed by atoms with van der Waals surface area (Å²) in [6.45, 7) is 3.82. The standard InChI is InChI=1S/C14H17ClN2O/c1-14(7-9-18-10-14)17-12-5-3-2-4-11(12)16-13(17)6-8-15/h2-5H,6-10H2,1H3. The second kappa shape index (κ2) is 4.56. The molecule has 0 radical (unpaired) electrons. The summed E-state index contributed by atoms with van der Waals surface area (Å²) in [4.78, 5) is 4.72. The Hall–Kier alpha value is -1.06. The molecule has 0 spiro atoms. The highest BCUT2D eigenvalue weighted by molar-refractivity contribution is 6.17. The smallest absolute Gasteiger partial charge is 0.111 e. The van der Waals surface area contributed by atoms with Crippen LogP contribution < -0.4 is 0 Å². The number of hydrogen-bond donors (Lipinski definition) is 0. The Morgan fingerprint density at radius 2 is 2.28 bits per heavy atom. The van der Waals surface area contributed by atoms with Gasteiger partial charge in [0.25, 0.3) is 0 Å². The molecule has 1 fully saturated rings. The summed E-state index contributed by atoms with van der Waals surface area (Å²) in [6.07, 6.45) is 1.83. The summed E-state index contributed by atoms with van der Waals surface area (Å²) in [5.74, 6) is 1.67. The van der Waals surface area contributed by atoms with Crippen molar-refractivity contribution in [1.82, 2.24) is 9.55 Å². The van der Waals surface area contributed by atoms with Gasteiger partial charge in [0, 0.05) is 18.9 Å². The Kier molecular flexibility index (Phi) is 3.04. The predicted octanol–water partition coefficient (Wildman–Crippen LogP) is 2.95. The number of rotatable bonds is 3. The lowest BCUT2D eigenvalue weighted by atomic mass is 10.0. The summed E-state index contributed by atoms with van der Waals surface area (Å²) in [6, 6.07) is 8.27. The molecule has 1 aromatic carbocycles. The van der Waals surface area contributed by atoms with Crippen LogP contribution >= 0.6 is 11.6 Å². The molecule has 0 saturated carbocycles. The summed E-state index contributed by atoms with van der Waals surface area (Å²) < 4.78 is 7.92. The van der Waals surface area contributed by atoms with E-state index in [0.29, 0.717) is 5.88 Å². The fraction of sp³-hybridized carbons (Fsp3) is 0.500. The molecule has 1 atom stereocenters. The van der Waals surface area contributed by atoms with Crippen molar-refractivity contribution in [2.45, 2.75) is 25.3 Å². The molecule has 0 N–H and O–H groups in total. The third-order valence-electron chi connectivity index (χ3n) is 3.69. The number of aryl methyl sites for hydroxylation is 1. The molecular weight excluding hydrogens is 248 g/mol. The lowest BCUT2D eigenvalue weighted by molar-refractivity contribution is 0.162. The van der Waals surface area contributed by atoms with Gasteiger partial charge in [0.05, 0.1) is 23.2 Å². The minimum Gasteiger partial charge on any atom is -0.379 e. The number of aromatic nitrogens is 2. The topological polar surface area (TPSA) is 27.1 Å². The number of para-hydroxylation sites is 2. The van der Waals surface area contributed by atoms with Crippen molar-refractivity contribution < 1.29 is 4.74 Å². The fourth-order valence-corrected chi connectivity index (χ4v) is 2.93. The Morgan fingerprint density at radius 1 is 1.44 bits per heavy atom. The minimum atomic E-state index is 0.0114. The number of ether oxygens (including phenoxy) is 1. The van der Waals surface area contributed by atoms with Gasteiger partial charge in [-0.15, -0.1) is 11.6 Å². The van der Waals surface area contributed by atoms with E-state index in [9.17, 15) is 0 Å². The first kappa shape index (κ1) is 12.0. The van der Waals surface area contributed by atoms with E-state index in [-0.39, 0.29) is 5.54 Å². The molecule has 1 aromatic heterocycles. The quantitative estimate of drug-likeness (QED) is 0.797. The first-order valence-corrected chi connectivity index (χ1v) is 6.89. The molecule has 4 heteroatoms. The van der Waals surface area contributed by atoms with Gasteiger partial charge in [-0.3, -0.25) is 0 Å². The van der Waals surface area contributed by atoms with Gasteiger partial charge in [0.1, 0.15) is 5.82 Å². The van der Waals surface area contributed by atoms with Crippen molar-refractivity contribution in [1.29, 1.82) is 0 Å². The average molecular weight is 265 g/mol. The summed E-state index contributed by atoms with van der Waals surface area (Å²) in [5, 5.41) is 0. The second-order valence-electron chi connectivity index (χ2n) is 5.09. The molecule has 1 aliphatic heterocycles. The summed E-state index contributed by atoms with van der Waals surface area (Å²) in [5.41, 5.74) is 2.24. The second-order valence-corrected chi connectivity index (χ2v) is 5.47. The van der Waals surface area contributed by atoms with Crippen LogP contribution in [0.3, 0.4) is 0 Å². The minimum absolute atomic E-state index is 0.0114. The van der Waals surface area contributed by atoms with E-state index in [4.69, 9.17) is 21.3 Å². The molecule has 0 amide bonds.